The highest BCUT2D eigenvalue weighted by Crippen LogP contribution is 2.23. The van der Waals surface area contributed by atoms with Gasteiger partial charge in [-0.2, -0.15) is 9.61 Å². The second-order valence-corrected chi connectivity index (χ2v) is 6.00. The number of nitrogens with zero attached hydrogens (tertiary/aromatic N) is 6. The first-order chi connectivity index (χ1) is 12.3. The van der Waals surface area contributed by atoms with Crippen LogP contribution in [0, 0.1) is 0 Å². The zero-order valence-electron chi connectivity index (χ0n) is 14.1. The van der Waals surface area contributed by atoms with Gasteiger partial charge in [0.15, 0.2) is 17.1 Å². The monoisotopic (exact) mass is 336 g/mol. The van der Waals surface area contributed by atoms with Gasteiger partial charge in [0.05, 0.1) is 24.7 Å². The normalized spacial score (nSPS) is 11.6. The molecule has 0 saturated heterocycles. The van der Waals surface area contributed by atoms with Gasteiger partial charge in [-0.25, -0.2) is 14.6 Å². The number of aliphatic hydroxyl groups excluding tert-OH is 1. The van der Waals surface area contributed by atoms with Crippen LogP contribution in [-0.4, -0.2) is 41.1 Å². The largest absolute Gasteiger partial charge is 0.394 e. The Kier molecular flexibility index (Phi) is 4.15. The first-order valence-corrected chi connectivity index (χ1v) is 8.59. The van der Waals surface area contributed by atoms with Gasteiger partial charge in [-0.15, -0.1) is 5.10 Å². The summed E-state index contributed by atoms with van der Waals surface area (Å²) in [5.41, 5.74) is 2.49. The highest BCUT2D eigenvalue weighted by atomic mass is 16.3. The smallest absolute Gasteiger partial charge is 0.182 e. The molecule has 0 aliphatic rings. The Morgan fingerprint density at radius 1 is 1.08 bits per heavy atom. The van der Waals surface area contributed by atoms with E-state index in [-0.39, 0.29) is 6.61 Å². The summed E-state index contributed by atoms with van der Waals surface area (Å²) < 4.78 is 3.56. The molecule has 0 radical (unpaired) electrons. The molecular formula is C18H20N6O. The second-order valence-electron chi connectivity index (χ2n) is 6.00. The fourth-order valence-corrected chi connectivity index (χ4v) is 2.96. The average Bonchev–Trinajstić information content (AvgIpc) is 3.25. The standard InChI is InChI=1S/C18H20N6O/c1-2-3-9-15-20-17-14(12-19-23(17)10-11-25)18-21-16(22-24(15)18)13-7-5-4-6-8-13/h4-8,12,25H,2-3,9-11H2,1H3. The van der Waals surface area contributed by atoms with Gasteiger partial charge in [0.25, 0.3) is 0 Å². The molecule has 0 atom stereocenters. The molecule has 0 unspecified atom stereocenters. The Balaban J connectivity index is 1.95. The third kappa shape index (κ3) is 2.76. The van der Waals surface area contributed by atoms with E-state index < -0.39 is 0 Å². The second kappa shape index (κ2) is 6.60. The third-order valence-electron chi connectivity index (χ3n) is 4.24. The number of rotatable bonds is 6. The van der Waals surface area contributed by atoms with Gasteiger partial charge in [-0.3, -0.25) is 0 Å². The fraction of sp³-hybridized carbons (Fsp3) is 0.333. The maximum absolute atomic E-state index is 9.25. The van der Waals surface area contributed by atoms with E-state index in [1.54, 1.807) is 10.9 Å². The van der Waals surface area contributed by atoms with Crippen molar-refractivity contribution in [3.05, 3.63) is 42.4 Å². The summed E-state index contributed by atoms with van der Waals surface area (Å²) in [6.07, 6.45) is 4.69. The van der Waals surface area contributed by atoms with Crippen LogP contribution in [0.15, 0.2) is 36.5 Å². The molecule has 0 spiro atoms. The SMILES string of the molecule is CCCCc1nc2c(cnn2CCO)c2nc(-c3ccccc3)nn12. The maximum Gasteiger partial charge on any atom is 0.182 e. The lowest BCUT2D eigenvalue weighted by Gasteiger charge is -2.05. The van der Waals surface area contributed by atoms with Crippen molar-refractivity contribution in [2.45, 2.75) is 32.7 Å². The minimum atomic E-state index is 0.0237. The molecule has 3 aromatic heterocycles. The number of fused-ring (bicyclic) bond motifs is 3. The van der Waals surface area contributed by atoms with Crippen molar-refractivity contribution in [2.24, 2.45) is 0 Å². The van der Waals surface area contributed by atoms with Gasteiger partial charge in [-0.1, -0.05) is 43.7 Å². The lowest BCUT2D eigenvalue weighted by Crippen LogP contribution is -2.08. The zero-order chi connectivity index (χ0) is 17.2. The van der Waals surface area contributed by atoms with Crippen LogP contribution in [0.4, 0.5) is 0 Å². The Morgan fingerprint density at radius 2 is 1.92 bits per heavy atom. The van der Waals surface area contributed by atoms with E-state index in [1.165, 1.54) is 0 Å². The lowest BCUT2D eigenvalue weighted by molar-refractivity contribution is 0.271. The van der Waals surface area contributed by atoms with Crippen molar-refractivity contribution in [3.63, 3.8) is 0 Å². The molecule has 0 fully saturated rings. The number of aliphatic hydroxyl groups is 1. The van der Waals surface area contributed by atoms with E-state index in [0.29, 0.717) is 12.4 Å². The first-order valence-electron chi connectivity index (χ1n) is 8.59. The van der Waals surface area contributed by atoms with E-state index in [1.807, 2.05) is 34.8 Å². The average molecular weight is 336 g/mol. The third-order valence-corrected chi connectivity index (χ3v) is 4.24. The number of hydrogen-bond donors (Lipinski definition) is 1. The van der Waals surface area contributed by atoms with Gasteiger partial charge in [0.1, 0.15) is 5.82 Å². The highest BCUT2D eigenvalue weighted by molar-refractivity contribution is 5.89. The summed E-state index contributed by atoms with van der Waals surface area (Å²) >= 11 is 0. The number of unbranched alkanes of at least 4 members (excludes halogenated alkanes) is 1. The minimum absolute atomic E-state index is 0.0237. The summed E-state index contributed by atoms with van der Waals surface area (Å²) in [6, 6.07) is 9.93. The Hall–Kier alpha value is -2.80. The van der Waals surface area contributed by atoms with Crippen molar-refractivity contribution in [2.75, 3.05) is 6.61 Å². The van der Waals surface area contributed by atoms with E-state index in [4.69, 9.17) is 15.1 Å². The lowest BCUT2D eigenvalue weighted by atomic mass is 10.2. The molecule has 128 valence electrons. The van der Waals surface area contributed by atoms with E-state index in [9.17, 15) is 5.11 Å². The van der Waals surface area contributed by atoms with Crippen LogP contribution in [0.2, 0.25) is 0 Å². The zero-order valence-corrected chi connectivity index (χ0v) is 14.1. The molecule has 7 heteroatoms. The molecule has 1 aromatic carbocycles. The molecule has 4 rings (SSSR count). The van der Waals surface area contributed by atoms with Gasteiger partial charge in [0, 0.05) is 12.0 Å². The molecule has 3 heterocycles. The summed E-state index contributed by atoms with van der Waals surface area (Å²) in [5.74, 6) is 1.56. The quantitative estimate of drug-likeness (QED) is 0.585. The number of benzene rings is 1. The summed E-state index contributed by atoms with van der Waals surface area (Å²) in [6.45, 7) is 2.60. The fourth-order valence-electron chi connectivity index (χ4n) is 2.96. The van der Waals surface area contributed by atoms with Crippen LogP contribution < -0.4 is 0 Å². The summed E-state index contributed by atoms with van der Waals surface area (Å²) in [5, 5.41) is 19.2. The Labute approximate surface area is 145 Å². The highest BCUT2D eigenvalue weighted by Gasteiger charge is 2.17. The predicted molar refractivity (Wildman–Crippen MR) is 95.2 cm³/mol. The molecular weight excluding hydrogens is 316 g/mol. The van der Waals surface area contributed by atoms with Crippen LogP contribution in [0.3, 0.4) is 0 Å². The van der Waals surface area contributed by atoms with Gasteiger partial charge in [-0.05, 0) is 6.42 Å². The molecule has 0 amide bonds. The molecule has 7 nitrogen and oxygen atoms in total. The van der Waals surface area contributed by atoms with Crippen LogP contribution in [0.5, 0.6) is 0 Å². The van der Waals surface area contributed by atoms with Crippen molar-refractivity contribution in [1.82, 2.24) is 29.4 Å². The molecule has 0 bridgehead atoms. The van der Waals surface area contributed by atoms with E-state index in [2.05, 4.69) is 12.0 Å². The summed E-state index contributed by atoms with van der Waals surface area (Å²) in [7, 11) is 0. The summed E-state index contributed by atoms with van der Waals surface area (Å²) in [4.78, 5) is 9.53. The first kappa shape index (κ1) is 15.7. The van der Waals surface area contributed by atoms with Gasteiger partial charge < -0.3 is 5.11 Å². The van der Waals surface area contributed by atoms with Crippen LogP contribution >= 0.6 is 0 Å². The number of aromatic nitrogens is 6. The number of aryl methyl sites for hydroxylation is 1. The molecule has 0 aliphatic carbocycles. The Morgan fingerprint density at radius 3 is 2.68 bits per heavy atom. The van der Waals surface area contributed by atoms with Crippen molar-refractivity contribution < 1.29 is 5.11 Å². The molecule has 0 saturated carbocycles. The van der Waals surface area contributed by atoms with Crippen LogP contribution in [0.25, 0.3) is 28.1 Å². The number of hydrogen-bond acceptors (Lipinski definition) is 5. The van der Waals surface area contributed by atoms with Crippen molar-refractivity contribution >= 4 is 16.7 Å². The van der Waals surface area contributed by atoms with Gasteiger partial charge in [0.2, 0.25) is 0 Å². The van der Waals surface area contributed by atoms with Crippen LogP contribution in [0.1, 0.15) is 25.6 Å². The van der Waals surface area contributed by atoms with Crippen molar-refractivity contribution in [3.8, 4) is 11.4 Å². The van der Waals surface area contributed by atoms with Crippen molar-refractivity contribution in [1.29, 1.82) is 0 Å². The molecule has 0 aliphatic heterocycles. The van der Waals surface area contributed by atoms with E-state index in [0.717, 1.165) is 47.3 Å². The van der Waals surface area contributed by atoms with E-state index >= 15 is 0 Å². The molecule has 4 aromatic rings. The topological polar surface area (TPSA) is 81.1 Å². The molecule has 25 heavy (non-hydrogen) atoms. The van der Waals surface area contributed by atoms with Gasteiger partial charge >= 0.3 is 0 Å². The predicted octanol–water partition coefficient (Wildman–Crippen LogP) is 2.48. The molecule has 1 N–H and O–H groups in total. The maximum atomic E-state index is 9.25. The van der Waals surface area contributed by atoms with Crippen LogP contribution in [-0.2, 0) is 13.0 Å². The minimum Gasteiger partial charge on any atom is -0.394 e. The Bertz CT molecular complexity index is 1000.